The third-order valence-electron chi connectivity index (χ3n) is 2.26. The summed E-state index contributed by atoms with van der Waals surface area (Å²) in [5.41, 5.74) is 7.25. The fourth-order valence-electron chi connectivity index (χ4n) is 1.60. The molecule has 1 aromatic rings. The summed E-state index contributed by atoms with van der Waals surface area (Å²) in [5.74, 6) is 0.554. The number of hydrogen-bond acceptors (Lipinski definition) is 2. The number of hydrogen-bond donors (Lipinski definition) is 2. The highest BCUT2D eigenvalue weighted by Gasteiger charge is 2.05. The van der Waals surface area contributed by atoms with Crippen LogP contribution in [0.3, 0.4) is 0 Å². The van der Waals surface area contributed by atoms with E-state index in [0.717, 1.165) is 6.42 Å². The molecule has 0 bridgehead atoms. The molecule has 1 aromatic carbocycles. The average Bonchev–Trinajstić information content (AvgIpc) is 2.25. The van der Waals surface area contributed by atoms with Crippen LogP contribution in [0.25, 0.3) is 0 Å². The predicted molar refractivity (Wildman–Crippen MR) is 66.4 cm³/mol. The van der Waals surface area contributed by atoms with Gasteiger partial charge in [0.15, 0.2) is 0 Å². The van der Waals surface area contributed by atoms with Crippen molar-refractivity contribution in [2.75, 3.05) is 13.1 Å². The number of amides is 1. The first-order valence-corrected chi connectivity index (χ1v) is 5.70. The predicted octanol–water partition coefficient (Wildman–Crippen LogP) is 1.57. The first-order chi connectivity index (χ1) is 7.63. The summed E-state index contributed by atoms with van der Waals surface area (Å²) >= 11 is 0. The highest BCUT2D eigenvalue weighted by atomic mass is 16.1. The van der Waals surface area contributed by atoms with Crippen molar-refractivity contribution in [3.05, 3.63) is 35.4 Å². The van der Waals surface area contributed by atoms with Crippen molar-refractivity contribution in [1.29, 1.82) is 0 Å². The van der Waals surface area contributed by atoms with Crippen molar-refractivity contribution in [2.45, 2.75) is 20.3 Å². The Labute approximate surface area is 97.0 Å². The number of carbonyl (C=O) groups is 1. The van der Waals surface area contributed by atoms with Gasteiger partial charge in [-0.25, -0.2) is 0 Å². The average molecular weight is 220 g/mol. The third kappa shape index (κ3) is 4.03. The van der Waals surface area contributed by atoms with E-state index >= 15 is 0 Å². The van der Waals surface area contributed by atoms with E-state index in [2.05, 4.69) is 25.2 Å². The van der Waals surface area contributed by atoms with Gasteiger partial charge in [-0.1, -0.05) is 26.0 Å². The zero-order valence-electron chi connectivity index (χ0n) is 9.99. The zero-order valence-corrected chi connectivity index (χ0v) is 9.99. The Morgan fingerprint density at radius 3 is 2.81 bits per heavy atom. The standard InChI is InChI=1S/C13H20N2O/c1-10(2)8-11-4-3-5-12(9-11)13(16)15-7-6-14/h3-5,9-10H,6-8,14H2,1-2H3,(H,15,16). The van der Waals surface area contributed by atoms with Crippen LogP contribution in [0.4, 0.5) is 0 Å². The summed E-state index contributed by atoms with van der Waals surface area (Å²) in [6.45, 7) is 5.33. The van der Waals surface area contributed by atoms with Crippen LogP contribution >= 0.6 is 0 Å². The molecule has 0 unspecified atom stereocenters. The second kappa shape index (κ2) is 6.28. The van der Waals surface area contributed by atoms with Crippen LogP contribution in [-0.2, 0) is 6.42 Å². The largest absolute Gasteiger partial charge is 0.351 e. The van der Waals surface area contributed by atoms with Crippen LogP contribution in [0.2, 0.25) is 0 Å². The Kier molecular flexibility index (Phi) is 4.99. The smallest absolute Gasteiger partial charge is 0.251 e. The van der Waals surface area contributed by atoms with Gasteiger partial charge >= 0.3 is 0 Å². The molecular formula is C13H20N2O. The van der Waals surface area contributed by atoms with Gasteiger partial charge in [0.25, 0.3) is 5.91 Å². The molecule has 0 aliphatic rings. The lowest BCUT2D eigenvalue weighted by molar-refractivity contribution is 0.0954. The Morgan fingerprint density at radius 1 is 1.44 bits per heavy atom. The summed E-state index contributed by atoms with van der Waals surface area (Å²) in [6, 6.07) is 7.76. The van der Waals surface area contributed by atoms with E-state index in [0.29, 0.717) is 24.6 Å². The maximum absolute atomic E-state index is 11.7. The number of carbonyl (C=O) groups excluding carboxylic acids is 1. The monoisotopic (exact) mass is 220 g/mol. The van der Waals surface area contributed by atoms with Gasteiger partial charge in [0.1, 0.15) is 0 Å². The molecule has 0 aromatic heterocycles. The molecule has 0 aliphatic heterocycles. The van der Waals surface area contributed by atoms with E-state index in [-0.39, 0.29) is 5.91 Å². The Bertz CT molecular complexity index is 348. The second-order valence-corrected chi connectivity index (χ2v) is 4.34. The zero-order chi connectivity index (χ0) is 12.0. The molecule has 3 nitrogen and oxygen atoms in total. The number of nitrogens with one attached hydrogen (secondary N) is 1. The summed E-state index contributed by atoms with van der Waals surface area (Å²) in [5, 5.41) is 2.77. The van der Waals surface area contributed by atoms with Gasteiger partial charge in [-0.2, -0.15) is 0 Å². The Balaban J connectivity index is 2.69. The fourth-order valence-corrected chi connectivity index (χ4v) is 1.60. The summed E-state index contributed by atoms with van der Waals surface area (Å²) in [4.78, 5) is 11.7. The molecule has 0 saturated carbocycles. The molecule has 0 radical (unpaired) electrons. The number of nitrogens with two attached hydrogens (primary N) is 1. The molecule has 0 atom stereocenters. The summed E-state index contributed by atoms with van der Waals surface area (Å²) < 4.78 is 0. The van der Waals surface area contributed by atoms with Crippen molar-refractivity contribution in [2.24, 2.45) is 11.7 Å². The molecule has 16 heavy (non-hydrogen) atoms. The summed E-state index contributed by atoms with van der Waals surface area (Å²) in [7, 11) is 0. The van der Waals surface area contributed by atoms with Crippen LogP contribution in [0.5, 0.6) is 0 Å². The summed E-state index contributed by atoms with van der Waals surface area (Å²) in [6.07, 6.45) is 0.998. The first kappa shape index (κ1) is 12.7. The highest BCUT2D eigenvalue weighted by Crippen LogP contribution is 2.10. The SMILES string of the molecule is CC(C)Cc1cccc(C(=O)NCCN)c1. The lowest BCUT2D eigenvalue weighted by atomic mass is 10.0. The lowest BCUT2D eigenvalue weighted by Gasteiger charge is -2.07. The van der Waals surface area contributed by atoms with E-state index in [1.54, 1.807) is 0 Å². The van der Waals surface area contributed by atoms with Gasteiger partial charge in [-0.15, -0.1) is 0 Å². The van der Waals surface area contributed by atoms with Gasteiger partial charge in [-0.05, 0) is 30.0 Å². The van der Waals surface area contributed by atoms with Gasteiger partial charge in [-0.3, -0.25) is 4.79 Å². The van der Waals surface area contributed by atoms with Crippen molar-refractivity contribution in [1.82, 2.24) is 5.32 Å². The van der Waals surface area contributed by atoms with Crippen LogP contribution in [0.15, 0.2) is 24.3 Å². The van der Waals surface area contributed by atoms with Crippen LogP contribution in [0, 0.1) is 5.92 Å². The van der Waals surface area contributed by atoms with Crippen LogP contribution in [0.1, 0.15) is 29.8 Å². The maximum atomic E-state index is 11.7. The Hall–Kier alpha value is -1.35. The number of benzene rings is 1. The number of rotatable bonds is 5. The molecule has 0 saturated heterocycles. The topological polar surface area (TPSA) is 55.1 Å². The van der Waals surface area contributed by atoms with Gasteiger partial charge in [0, 0.05) is 18.7 Å². The van der Waals surface area contributed by atoms with Crippen LogP contribution in [-0.4, -0.2) is 19.0 Å². The Morgan fingerprint density at radius 2 is 2.19 bits per heavy atom. The van der Waals surface area contributed by atoms with Gasteiger partial charge < -0.3 is 11.1 Å². The van der Waals surface area contributed by atoms with Gasteiger partial charge in [0.05, 0.1) is 0 Å². The normalized spacial score (nSPS) is 10.5. The molecular weight excluding hydrogens is 200 g/mol. The van der Waals surface area contributed by atoms with Crippen molar-refractivity contribution in [3.8, 4) is 0 Å². The highest BCUT2D eigenvalue weighted by molar-refractivity contribution is 5.94. The van der Waals surface area contributed by atoms with E-state index < -0.39 is 0 Å². The molecule has 3 heteroatoms. The minimum atomic E-state index is -0.0453. The van der Waals surface area contributed by atoms with Crippen molar-refractivity contribution >= 4 is 5.91 Å². The molecule has 88 valence electrons. The molecule has 0 aliphatic carbocycles. The molecule has 0 heterocycles. The fraction of sp³-hybridized carbons (Fsp3) is 0.462. The molecule has 3 N–H and O–H groups in total. The van der Waals surface area contributed by atoms with Gasteiger partial charge in [0.2, 0.25) is 0 Å². The third-order valence-corrected chi connectivity index (χ3v) is 2.26. The molecule has 0 spiro atoms. The first-order valence-electron chi connectivity index (χ1n) is 5.70. The van der Waals surface area contributed by atoms with Crippen molar-refractivity contribution in [3.63, 3.8) is 0 Å². The van der Waals surface area contributed by atoms with E-state index in [9.17, 15) is 4.79 Å². The molecule has 1 rings (SSSR count). The lowest BCUT2D eigenvalue weighted by Crippen LogP contribution is -2.29. The minimum Gasteiger partial charge on any atom is -0.351 e. The second-order valence-electron chi connectivity index (χ2n) is 4.34. The quantitative estimate of drug-likeness (QED) is 0.791. The maximum Gasteiger partial charge on any atom is 0.251 e. The van der Waals surface area contributed by atoms with E-state index in [1.807, 2.05) is 18.2 Å². The van der Waals surface area contributed by atoms with Crippen LogP contribution < -0.4 is 11.1 Å². The molecule has 0 fully saturated rings. The van der Waals surface area contributed by atoms with E-state index in [4.69, 9.17) is 5.73 Å². The van der Waals surface area contributed by atoms with Crippen molar-refractivity contribution < 1.29 is 4.79 Å². The van der Waals surface area contributed by atoms with E-state index in [1.165, 1.54) is 5.56 Å². The molecule has 1 amide bonds. The minimum absolute atomic E-state index is 0.0453.